The van der Waals surface area contributed by atoms with E-state index in [4.69, 9.17) is 10.3 Å². The highest BCUT2D eigenvalue weighted by Crippen LogP contribution is 2.54. The third-order valence-electron chi connectivity index (χ3n) is 6.06. The highest BCUT2D eigenvalue weighted by Gasteiger charge is 2.67. The second-order valence-electron chi connectivity index (χ2n) is 7.37. The van der Waals surface area contributed by atoms with Crippen molar-refractivity contribution in [1.29, 1.82) is 6.60 Å². The van der Waals surface area contributed by atoms with Crippen molar-refractivity contribution in [1.82, 2.24) is 0 Å². The molecule has 143 valence electrons. The fraction of sp³-hybridized carbons (Fsp3) is 0.286. The molecule has 2 aromatic carbocycles. The van der Waals surface area contributed by atoms with E-state index in [0.717, 1.165) is 19.0 Å². The van der Waals surface area contributed by atoms with Gasteiger partial charge < -0.3 is 8.92 Å². The molecule has 8 heteroatoms. The number of hydrogen-bond donors (Lipinski definition) is 0. The summed E-state index contributed by atoms with van der Waals surface area (Å²) in [7, 11) is 1.09. The number of nitriles is 1. The lowest BCUT2D eigenvalue weighted by Gasteiger charge is -2.28. The number of anilines is 1. The molecule has 2 bridgehead atoms. The van der Waals surface area contributed by atoms with E-state index < -0.39 is 23.5 Å². The van der Waals surface area contributed by atoms with E-state index in [-0.39, 0.29) is 11.8 Å². The average molecular weight is 405 g/mol. The minimum Gasteiger partial charge on any atom is -0.362 e. The van der Waals surface area contributed by atoms with Crippen LogP contribution < -0.4 is 4.90 Å². The molecule has 29 heavy (non-hydrogen) atoms. The van der Waals surface area contributed by atoms with Gasteiger partial charge in [0.15, 0.2) is 0 Å². The molecule has 0 spiro atoms. The first kappa shape index (κ1) is 17.3. The van der Waals surface area contributed by atoms with E-state index in [0.29, 0.717) is 35.1 Å². The fourth-order valence-corrected chi connectivity index (χ4v) is 5.04. The normalized spacial score (nSPS) is 30.0. The van der Waals surface area contributed by atoms with Crippen molar-refractivity contribution in [2.45, 2.75) is 18.1 Å². The average Bonchev–Trinajstić information content (AvgIpc) is 3.41. The molecule has 0 aromatic heterocycles. The molecule has 2 saturated heterocycles. The fourth-order valence-electron chi connectivity index (χ4n) is 4.86. The van der Waals surface area contributed by atoms with Crippen LogP contribution in [0.4, 0.5) is 5.69 Å². The Balaban J connectivity index is 1.53. The molecular formula is C21H16BN2O4S. The first-order valence-electron chi connectivity index (χ1n) is 9.84. The van der Waals surface area contributed by atoms with Gasteiger partial charge in [0.2, 0.25) is 18.9 Å². The second-order valence-corrected chi connectivity index (χ2v) is 7.80. The number of carbonyl (C=O) groups excluding carboxylic acids is 2. The predicted octanol–water partition coefficient (Wildman–Crippen LogP) is 2.40. The number of amides is 2. The number of benzene rings is 2. The zero-order valence-electron chi connectivity index (χ0n) is 16.3. The third-order valence-corrected chi connectivity index (χ3v) is 6.36. The van der Waals surface area contributed by atoms with Crippen LogP contribution in [0.1, 0.15) is 12.0 Å². The first-order chi connectivity index (χ1) is 14.6. The summed E-state index contributed by atoms with van der Waals surface area (Å²) in [4.78, 5) is 28.2. The van der Waals surface area contributed by atoms with E-state index in [1.165, 1.54) is 4.90 Å². The van der Waals surface area contributed by atoms with Gasteiger partial charge in [-0.3, -0.25) is 9.59 Å². The van der Waals surface area contributed by atoms with Crippen LogP contribution in [0.3, 0.4) is 0 Å². The predicted molar refractivity (Wildman–Crippen MR) is 110 cm³/mol. The van der Waals surface area contributed by atoms with E-state index in [1.54, 1.807) is 12.1 Å². The molecule has 0 aliphatic carbocycles. The smallest absolute Gasteiger partial charge is 0.241 e. The Labute approximate surface area is 174 Å². The highest BCUT2D eigenvalue weighted by atomic mass is 32.2. The number of ether oxygens (including phenoxy) is 1. The van der Waals surface area contributed by atoms with Gasteiger partial charge >= 0.3 is 0 Å². The summed E-state index contributed by atoms with van der Waals surface area (Å²) < 4.78 is 18.4. The molecule has 3 aliphatic heterocycles. The quantitative estimate of drug-likeness (QED) is 0.242. The molecule has 3 heterocycles. The van der Waals surface area contributed by atoms with E-state index in [1.807, 2.05) is 36.4 Å². The van der Waals surface area contributed by atoms with Crippen molar-refractivity contribution in [2.24, 2.45) is 11.8 Å². The summed E-state index contributed by atoms with van der Waals surface area (Å²) in [5.74, 6) is -1.73. The van der Waals surface area contributed by atoms with Gasteiger partial charge in [0, 0.05) is 17.2 Å². The summed E-state index contributed by atoms with van der Waals surface area (Å²) in [6.07, 6.45) is 3.72. The van der Waals surface area contributed by atoms with E-state index >= 15 is 0 Å². The Kier molecular flexibility index (Phi) is 4.01. The largest absolute Gasteiger partial charge is 0.362 e. The minimum atomic E-state index is -0.873. The molecule has 5 rings (SSSR count). The van der Waals surface area contributed by atoms with Gasteiger partial charge in [0.1, 0.15) is 5.60 Å². The van der Waals surface area contributed by atoms with Crippen LogP contribution in [0.2, 0.25) is 0 Å². The van der Waals surface area contributed by atoms with Gasteiger partial charge in [-0.25, -0.2) is 4.90 Å². The molecule has 2 fully saturated rings. The molecule has 2 aromatic rings. The molecule has 2 amide bonds. The van der Waals surface area contributed by atoms with Crippen molar-refractivity contribution in [3.8, 4) is 6.07 Å². The number of imide groups is 1. The van der Waals surface area contributed by atoms with Crippen molar-refractivity contribution in [3.05, 3.63) is 54.1 Å². The maximum atomic E-state index is 13.5. The number of carbonyl (C=O) groups is 2. The lowest BCUT2D eigenvalue weighted by molar-refractivity contribution is -0.127. The highest BCUT2D eigenvalue weighted by molar-refractivity contribution is 8.15. The third kappa shape index (κ3) is 2.51. The van der Waals surface area contributed by atoms with Crippen molar-refractivity contribution < 1.29 is 18.5 Å². The number of nitrogens with zero attached hydrogens (tertiary/aromatic N) is 2. The van der Waals surface area contributed by atoms with Gasteiger partial charge in [-0.05, 0) is 13.5 Å². The van der Waals surface area contributed by atoms with Crippen molar-refractivity contribution >= 4 is 47.3 Å². The van der Waals surface area contributed by atoms with E-state index in [9.17, 15) is 14.9 Å². The standard InChI is InChI=1S/C21H16BN2O4S/c22-29-27-10-9-21-8-7-16(28-21)17-18(21)20(26)24(19(17)25)15-6-5-12(11-23)13-3-1-2-4-14(13)15/h1-8,16-18,22H,9-10H2/t16?,17-,18+,21?/m0/s1/i22T. The number of hydrogen-bond acceptors (Lipinski definition) is 6. The number of fused-ring (bicyclic) bond motifs is 6. The molecule has 4 atom stereocenters. The monoisotopic (exact) mass is 405 g/mol. The molecule has 0 N–H and O–H groups in total. The maximum absolute atomic E-state index is 13.5. The Morgan fingerprint density at radius 2 is 2.10 bits per heavy atom. The molecule has 1 radical (unpaired) electrons. The summed E-state index contributed by atoms with van der Waals surface area (Å²) in [6.45, 7) is 0.293. The number of rotatable bonds is 6. The summed E-state index contributed by atoms with van der Waals surface area (Å²) in [6, 6.07) is 12.8. The Morgan fingerprint density at radius 1 is 1.28 bits per heavy atom. The van der Waals surface area contributed by atoms with Crippen LogP contribution in [0, 0.1) is 23.2 Å². The molecular weight excluding hydrogens is 387 g/mol. The Morgan fingerprint density at radius 3 is 2.90 bits per heavy atom. The maximum Gasteiger partial charge on any atom is 0.241 e. The Bertz CT molecular complexity index is 1140. The lowest BCUT2D eigenvalue weighted by atomic mass is 9.75. The van der Waals surface area contributed by atoms with Crippen LogP contribution in [0.15, 0.2) is 48.6 Å². The molecule has 3 aliphatic rings. The topological polar surface area (TPSA) is 79.6 Å². The van der Waals surface area contributed by atoms with Gasteiger partial charge in [-0.1, -0.05) is 48.3 Å². The van der Waals surface area contributed by atoms with Crippen molar-refractivity contribution in [2.75, 3.05) is 11.5 Å². The van der Waals surface area contributed by atoms with Crippen LogP contribution in [-0.2, 0) is 18.5 Å². The van der Waals surface area contributed by atoms with Crippen molar-refractivity contribution in [3.63, 3.8) is 0 Å². The van der Waals surface area contributed by atoms with Crippen LogP contribution >= 0.6 is 11.9 Å². The summed E-state index contributed by atoms with van der Waals surface area (Å²) in [5, 5.41) is 10.8. The Hall–Kier alpha value is -2.60. The first-order valence-corrected chi connectivity index (χ1v) is 10.1. The zero-order chi connectivity index (χ0) is 20.9. The summed E-state index contributed by atoms with van der Waals surface area (Å²) in [5.41, 5.74) is 0.122. The molecule has 0 saturated carbocycles. The summed E-state index contributed by atoms with van der Waals surface area (Å²) >= 11 is 0.917. The SMILES string of the molecule is [3H][B]SOCCC12C=CC(O1)[C@@H]1C(=O)N(c3ccc(C#N)c4ccccc34)C(=O)[C@@H]12. The van der Waals surface area contributed by atoms with Gasteiger partial charge in [0.05, 0.1) is 41.9 Å². The van der Waals surface area contributed by atoms with Gasteiger partial charge in [-0.15, -0.1) is 0 Å². The molecule has 2 unspecified atom stereocenters. The lowest BCUT2D eigenvalue weighted by Crippen LogP contribution is -2.41. The van der Waals surface area contributed by atoms with Gasteiger partial charge in [0.25, 0.3) is 0 Å². The van der Waals surface area contributed by atoms with Gasteiger partial charge in [-0.2, -0.15) is 5.26 Å². The second kappa shape index (κ2) is 6.73. The zero-order valence-corrected chi connectivity index (χ0v) is 16.1. The van der Waals surface area contributed by atoms with Crippen LogP contribution in [0.25, 0.3) is 10.8 Å². The van der Waals surface area contributed by atoms with E-state index in [2.05, 4.69) is 6.07 Å². The molecule has 6 nitrogen and oxygen atoms in total. The van der Waals surface area contributed by atoms with Crippen LogP contribution in [-0.4, -0.2) is 38.6 Å². The minimum absolute atomic E-state index is 0.272. The van der Waals surface area contributed by atoms with Crippen LogP contribution in [0.5, 0.6) is 0 Å².